The van der Waals surface area contributed by atoms with E-state index in [-0.39, 0.29) is 25.7 Å². The molecule has 0 bridgehead atoms. The van der Waals surface area contributed by atoms with Crippen LogP contribution < -0.4 is 21.7 Å². The van der Waals surface area contributed by atoms with Crippen LogP contribution in [0.5, 0.6) is 0 Å². The number of rotatable bonds is 17. The van der Waals surface area contributed by atoms with Crippen molar-refractivity contribution >= 4 is 35.6 Å². The molecule has 5 atom stereocenters. The van der Waals surface area contributed by atoms with Gasteiger partial charge in [-0.15, -0.1) is 0 Å². The third-order valence-corrected chi connectivity index (χ3v) is 5.98. The van der Waals surface area contributed by atoms with Crippen molar-refractivity contribution in [2.24, 2.45) is 11.7 Å². The van der Waals surface area contributed by atoms with Gasteiger partial charge in [0, 0.05) is 19.3 Å². The fourth-order valence-electron chi connectivity index (χ4n) is 3.49. The van der Waals surface area contributed by atoms with Crippen molar-refractivity contribution in [3.63, 3.8) is 0 Å². The lowest BCUT2D eigenvalue weighted by molar-refractivity contribution is -0.144. The highest BCUT2D eigenvalue weighted by atomic mass is 16.4. The molecule has 1 aromatic carbocycles. The largest absolute Gasteiger partial charge is 0.481 e. The second-order valence-electron chi connectivity index (χ2n) is 8.99. The van der Waals surface area contributed by atoms with Crippen LogP contribution in [0.4, 0.5) is 0 Å². The number of carboxylic acid groups (broad SMARTS) is 3. The maximum Gasteiger partial charge on any atom is 0.326 e. The predicted molar refractivity (Wildman–Crippen MR) is 135 cm³/mol. The van der Waals surface area contributed by atoms with E-state index < -0.39 is 72.1 Å². The molecule has 0 saturated carbocycles. The van der Waals surface area contributed by atoms with Crippen LogP contribution in [0.3, 0.4) is 0 Å². The zero-order valence-electron chi connectivity index (χ0n) is 21.4. The van der Waals surface area contributed by atoms with E-state index in [0.717, 1.165) is 0 Å². The van der Waals surface area contributed by atoms with Gasteiger partial charge < -0.3 is 37.0 Å². The van der Waals surface area contributed by atoms with Crippen LogP contribution in [0.15, 0.2) is 30.3 Å². The first kappa shape index (κ1) is 32.0. The lowest BCUT2D eigenvalue weighted by atomic mass is 9.98. The Morgan fingerprint density at radius 3 is 1.84 bits per heavy atom. The van der Waals surface area contributed by atoms with Gasteiger partial charge in [-0.3, -0.25) is 24.0 Å². The van der Waals surface area contributed by atoms with Gasteiger partial charge in [-0.25, -0.2) is 4.79 Å². The fourth-order valence-corrected chi connectivity index (χ4v) is 3.49. The molecule has 13 heteroatoms. The number of benzene rings is 1. The molecular formula is C25H36N4O9. The number of nitrogens with one attached hydrogen (secondary N) is 3. The quantitative estimate of drug-likeness (QED) is 0.140. The lowest BCUT2D eigenvalue weighted by Crippen LogP contribution is -2.58. The van der Waals surface area contributed by atoms with E-state index in [1.807, 2.05) is 0 Å². The Hall–Kier alpha value is -4.00. The van der Waals surface area contributed by atoms with Crippen molar-refractivity contribution in [3.8, 4) is 0 Å². The summed E-state index contributed by atoms with van der Waals surface area (Å²) < 4.78 is 0. The highest BCUT2D eigenvalue weighted by Gasteiger charge is 2.32. The van der Waals surface area contributed by atoms with Gasteiger partial charge in [-0.05, 0) is 24.3 Å². The Morgan fingerprint density at radius 2 is 1.32 bits per heavy atom. The number of hydrogen-bond donors (Lipinski definition) is 7. The van der Waals surface area contributed by atoms with E-state index in [1.165, 1.54) is 0 Å². The molecule has 3 amide bonds. The molecule has 0 fully saturated rings. The first-order valence-electron chi connectivity index (χ1n) is 12.2. The molecule has 5 unspecified atom stereocenters. The van der Waals surface area contributed by atoms with Crippen LogP contribution >= 0.6 is 0 Å². The molecule has 210 valence electrons. The summed E-state index contributed by atoms with van der Waals surface area (Å²) in [5, 5.41) is 34.7. The molecule has 0 spiro atoms. The Balaban J connectivity index is 3.15. The molecule has 13 nitrogen and oxygen atoms in total. The number of carbonyl (C=O) groups is 6. The summed E-state index contributed by atoms with van der Waals surface area (Å²) in [5.41, 5.74) is 6.36. The third kappa shape index (κ3) is 11.4. The smallest absolute Gasteiger partial charge is 0.326 e. The summed E-state index contributed by atoms with van der Waals surface area (Å²) in [6, 6.07) is 3.50. The molecule has 1 aromatic rings. The molecule has 0 saturated heterocycles. The van der Waals surface area contributed by atoms with E-state index in [4.69, 9.17) is 15.9 Å². The van der Waals surface area contributed by atoms with E-state index in [0.29, 0.717) is 12.0 Å². The zero-order chi connectivity index (χ0) is 28.8. The highest BCUT2D eigenvalue weighted by molar-refractivity contribution is 5.94. The van der Waals surface area contributed by atoms with Crippen LogP contribution in [0.2, 0.25) is 0 Å². The average Bonchev–Trinajstić information content (AvgIpc) is 2.87. The molecule has 1 rings (SSSR count). The lowest BCUT2D eigenvalue weighted by Gasteiger charge is -2.26. The fraction of sp³-hybridized carbons (Fsp3) is 0.520. The number of aliphatic carboxylic acids is 3. The molecule has 0 aromatic heterocycles. The minimum absolute atomic E-state index is 0.0109. The minimum Gasteiger partial charge on any atom is -0.481 e. The molecule has 0 aliphatic rings. The van der Waals surface area contributed by atoms with Crippen molar-refractivity contribution in [3.05, 3.63) is 35.9 Å². The average molecular weight is 537 g/mol. The van der Waals surface area contributed by atoms with Crippen LogP contribution in [-0.4, -0.2) is 75.1 Å². The van der Waals surface area contributed by atoms with Gasteiger partial charge in [0.05, 0.1) is 6.04 Å². The molecule has 0 aliphatic heterocycles. The SMILES string of the molecule is CCC(C)C(NC(=O)C(Cc1ccccc1)NC(=O)C(CCC(=O)O)NC(=O)C(N)CCC(=O)O)C(=O)O. The predicted octanol–water partition coefficient (Wildman–Crippen LogP) is -0.129. The van der Waals surface area contributed by atoms with Crippen molar-refractivity contribution < 1.29 is 44.1 Å². The summed E-state index contributed by atoms with van der Waals surface area (Å²) >= 11 is 0. The summed E-state index contributed by atoms with van der Waals surface area (Å²) in [5.74, 6) is -6.54. The number of carboxylic acids is 3. The third-order valence-electron chi connectivity index (χ3n) is 5.98. The topological polar surface area (TPSA) is 225 Å². The normalized spacial score (nSPS) is 14.7. The van der Waals surface area contributed by atoms with Crippen LogP contribution in [0.1, 0.15) is 51.5 Å². The monoisotopic (exact) mass is 536 g/mol. The van der Waals surface area contributed by atoms with Crippen molar-refractivity contribution in [2.45, 2.75) is 76.5 Å². The van der Waals surface area contributed by atoms with Gasteiger partial charge in [0.25, 0.3) is 0 Å². The first-order valence-corrected chi connectivity index (χ1v) is 12.2. The van der Waals surface area contributed by atoms with Crippen LogP contribution in [-0.2, 0) is 35.2 Å². The second kappa shape index (κ2) is 16.0. The van der Waals surface area contributed by atoms with Crippen LogP contribution in [0, 0.1) is 5.92 Å². The van der Waals surface area contributed by atoms with Crippen LogP contribution in [0.25, 0.3) is 0 Å². The van der Waals surface area contributed by atoms with Crippen molar-refractivity contribution in [2.75, 3.05) is 0 Å². The second-order valence-corrected chi connectivity index (χ2v) is 8.99. The summed E-state index contributed by atoms with van der Waals surface area (Å²) in [6.07, 6.45) is -0.960. The maximum atomic E-state index is 13.1. The number of amides is 3. The Kier molecular flexibility index (Phi) is 13.5. The highest BCUT2D eigenvalue weighted by Crippen LogP contribution is 2.11. The first-order chi connectivity index (χ1) is 17.8. The molecule has 38 heavy (non-hydrogen) atoms. The molecule has 0 aliphatic carbocycles. The van der Waals surface area contributed by atoms with E-state index in [1.54, 1.807) is 44.2 Å². The molecule has 0 heterocycles. The van der Waals surface area contributed by atoms with E-state index in [9.17, 15) is 33.9 Å². The maximum absolute atomic E-state index is 13.1. The van der Waals surface area contributed by atoms with Gasteiger partial charge in [-0.1, -0.05) is 50.6 Å². The van der Waals surface area contributed by atoms with Gasteiger partial charge in [0.2, 0.25) is 17.7 Å². The molecular weight excluding hydrogens is 500 g/mol. The minimum atomic E-state index is -1.40. The van der Waals surface area contributed by atoms with Gasteiger partial charge in [0.15, 0.2) is 0 Å². The Bertz CT molecular complexity index is 986. The van der Waals surface area contributed by atoms with Gasteiger partial charge >= 0.3 is 17.9 Å². The van der Waals surface area contributed by atoms with E-state index >= 15 is 0 Å². The molecule has 8 N–H and O–H groups in total. The molecule has 0 radical (unpaired) electrons. The summed E-state index contributed by atoms with van der Waals surface area (Å²) in [7, 11) is 0. The van der Waals surface area contributed by atoms with Gasteiger partial charge in [0.1, 0.15) is 18.1 Å². The number of hydrogen-bond acceptors (Lipinski definition) is 7. The van der Waals surface area contributed by atoms with Gasteiger partial charge in [-0.2, -0.15) is 0 Å². The Morgan fingerprint density at radius 1 is 0.789 bits per heavy atom. The summed E-state index contributed by atoms with van der Waals surface area (Å²) in [4.78, 5) is 72.3. The standard InChI is InChI=1S/C25H36N4O9/c1-3-14(2)21(25(37)38)29-24(36)18(13-15-7-5-4-6-8-15)28-23(35)17(10-12-20(32)33)27-22(34)16(26)9-11-19(30)31/h4-8,14,16-18,21H,3,9-13,26H2,1-2H3,(H,27,34)(H,28,35)(H,29,36)(H,30,31)(H,32,33)(H,37,38). The summed E-state index contributed by atoms with van der Waals surface area (Å²) in [6.45, 7) is 3.43. The van der Waals surface area contributed by atoms with Crippen molar-refractivity contribution in [1.29, 1.82) is 0 Å². The van der Waals surface area contributed by atoms with E-state index in [2.05, 4.69) is 16.0 Å². The number of carbonyl (C=O) groups excluding carboxylic acids is 3. The number of nitrogens with two attached hydrogens (primary N) is 1. The Labute approximate surface area is 220 Å². The van der Waals surface area contributed by atoms with Crippen molar-refractivity contribution in [1.82, 2.24) is 16.0 Å². The zero-order valence-corrected chi connectivity index (χ0v) is 21.4.